The molecule has 74 valence electrons. The Balaban J connectivity index is 2.03. The quantitative estimate of drug-likeness (QED) is 0.689. The van der Waals surface area contributed by atoms with Crippen molar-refractivity contribution in [2.24, 2.45) is 0 Å². The van der Waals surface area contributed by atoms with Crippen LogP contribution >= 0.6 is 12.2 Å². The van der Waals surface area contributed by atoms with Gasteiger partial charge >= 0.3 is 0 Å². The number of rotatable bonds is 2. The van der Waals surface area contributed by atoms with Crippen molar-refractivity contribution in [1.29, 1.82) is 0 Å². The monoisotopic (exact) mass is 207 g/mol. The number of hydrogen-bond acceptors (Lipinski definition) is 2. The van der Waals surface area contributed by atoms with Gasteiger partial charge in [0.2, 0.25) is 0 Å². The third-order valence-corrected chi connectivity index (χ3v) is 2.72. The van der Waals surface area contributed by atoms with Crippen LogP contribution in [0.15, 0.2) is 24.3 Å². The minimum atomic E-state index is 0.630. The molecule has 0 spiro atoms. The van der Waals surface area contributed by atoms with E-state index in [0.717, 1.165) is 19.7 Å². The SMILES string of the molecule is Cc1ccc(CN2CCOC2=S)cc1. The van der Waals surface area contributed by atoms with E-state index >= 15 is 0 Å². The first-order valence-electron chi connectivity index (χ1n) is 4.73. The predicted octanol–water partition coefficient (Wildman–Crippen LogP) is 2.11. The van der Waals surface area contributed by atoms with Crippen LogP contribution in [-0.2, 0) is 11.3 Å². The van der Waals surface area contributed by atoms with Crippen molar-refractivity contribution in [3.8, 4) is 0 Å². The summed E-state index contributed by atoms with van der Waals surface area (Å²) in [5.74, 6) is 0. The summed E-state index contributed by atoms with van der Waals surface area (Å²) in [5.41, 5.74) is 2.57. The summed E-state index contributed by atoms with van der Waals surface area (Å²) in [7, 11) is 0. The Morgan fingerprint density at radius 1 is 1.36 bits per heavy atom. The van der Waals surface area contributed by atoms with Crippen LogP contribution in [0.2, 0.25) is 0 Å². The van der Waals surface area contributed by atoms with Crippen LogP contribution in [-0.4, -0.2) is 23.2 Å². The number of nitrogens with zero attached hydrogens (tertiary/aromatic N) is 1. The maximum absolute atomic E-state index is 5.22. The van der Waals surface area contributed by atoms with Crippen molar-refractivity contribution in [2.45, 2.75) is 13.5 Å². The van der Waals surface area contributed by atoms with Gasteiger partial charge < -0.3 is 9.64 Å². The number of aryl methyl sites for hydroxylation is 1. The van der Waals surface area contributed by atoms with Crippen LogP contribution < -0.4 is 0 Å². The average Bonchev–Trinajstić information content (AvgIpc) is 2.56. The second-order valence-electron chi connectivity index (χ2n) is 3.52. The molecule has 0 radical (unpaired) electrons. The summed E-state index contributed by atoms with van der Waals surface area (Å²) < 4.78 is 5.22. The lowest BCUT2D eigenvalue weighted by atomic mass is 10.1. The molecule has 2 nitrogen and oxygen atoms in total. The summed E-state index contributed by atoms with van der Waals surface area (Å²) in [4.78, 5) is 2.08. The first kappa shape index (κ1) is 9.46. The minimum absolute atomic E-state index is 0.630. The first-order valence-corrected chi connectivity index (χ1v) is 5.14. The Morgan fingerprint density at radius 2 is 2.07 bits per heavy atom. The largest absolute Gasteiger partial charge is 0.469 e. The number of ether oxygens (including phenoxy) is 1. The highest BCUT2D eigenvalue weighted by atomic mass is 32.1. The molecule has 1 aromatic rings. The Bertz CT molecular complexity index is 334. The van der Waals surface area contributed by atoms with Crippen LogP contribution in [0.3, 0.4) is 0 Å². The topological polar surface area (TPSA) is 12.5 Å². The molecular formula is C11H13NOS. The molecule has 0 unspecified atom stereocenters. The van der Waals surface area contributed by atoms with E-state index in [1.54, 1.807) is 0 Å². The maximum Gasteiger partial charge on any atom is 0.259 e. The van der Waals surface area contributed by atoms with Crippen molar-refractivity contribution in [3.63, 3.8) is 0 Å². The second kappa shape index (κ2) is 3.96. The molecule has 0 atom stereocenters. The third-order valence-electron chi connectivity index (χ3n) is 2.34. The van der Waals surface area contributed by atoms with Gasteiger partial charge in [0, 0.05) is 6.54 Å². The van der Waals surface area contributed by atoms with Gasteiger partial charge in [0.1, 0.15) is 6.61 Å². The normalized spacial score (nSPS) is 15.8. The fourth-order valence-electron chi connectivity index (χ4n) is 1.48. The van der Waals surface area contributed by atoms with Crippen molar-refractivity contribution < 1.29 is 4.74 Å². The van der Waals surface area contributed by atoms with Gasteiger partial charge in [0.15, 0.2) is 0 Å². The molecule has 0 aliphatic carbocycles. The van der Waals surface area contributed by atoms with E-state index < -0.39 is 0 Å². The Labute approximate surface area is 89.5 Å². The lowest BCUT2D eigenvalue weighted by Gasteiger charge is -2.14. The van der Waals surface area contributed by atoms with Crippen LogP contribution in [0.5, 0.6) is 0 Å². The summed E-state index contributed by atoms with van der Waals surface area (Å²) in [6.45, 7) is 4.59. The molecule has 0 amide bonds. The van der Waals surface area contributed by atoms with Gasteiger partial charge in [0.05, 0.1) is 6.54 Å². The molecule has 0 aromatic heterocycles. The van der Waals surface area contributed by atoms with Crippen molar-refractivity contribution >= 4 is 17.4 Å². The molecule has 0 N–H and O–H groups in total. The van der Waals surface area contributed by atoms with Gasteiger partial charge in [-0.2, -0.15) is 0 Å². The van der Waals surface area contributed by atoms with E-state index in [2.05, 4.69) is 36.1 Å². The summed E-state index contributed by atoms with van der Waals surface area (Å²) in [5, 5.41) is 0.630. The zero-order valence-electron chi connectivity index (χ0n) is 8.19. The molecule has 3 heteroatoms. The molecule has 2 rings (SSSR count). The molecule has 1 heterocycles. The molecule has 1 fully saturated rings. The zero-order chi connectivity index (χ0) is 9.97. The van der Waals surface area contributed by atoms with Gasteiger partial charge in [-0.15, -0.1) is 0 Å². The fourth-order valence-corrected chi connectivity index (χ4v) is 1.72. The van der Waals surface area contributed by atoms with E-state index in [0.29, 0.717) is 5.17 Å². The standard InChI is InChI=1S/C11H13NOS/c1-9-2-4-10(5-3-9)8-12-6-7-13-11(12)14/h2-5H,6-8H2,1H3. The van der Waals surface area contributed by atoms with Crippen LogP contribution in [0.4, 0.5) is 0 Å². The van der Waals surface area contributed by atoms with Crippen LogP contribution in [0.25, 0.3) is 0 Å². The summed E-state index contributed by atoms with van der Waals surface area (Å²) in [6.07, 6.45) is 0. The Kier molecular flexibility index (Phi) is 2.68. The van der Waals surface area contributed by atoms with E-state index in [1.165, 1.54) is 11.1 Å². The highest BCUT2D eigenvalue weighted by molar-refractivity contribution is 7.80. The van der Waals surface area contributed by atoms with E-state index in [-0.39, 0.29) is 0 Å². The smallest absolute Gasteiger partial charge is 0.259 e. The molecule has 0 bridgehead atoms. The molecule has 1 aliphatic rings. The highest BCUT2D eigenvalue weighted by Crippen LogP contribution is 2.11. The second-order valence-corrected chi connectivity index (χ2v) is 3.87. The van der Waals surface area contributed by atoms with Crippen molar-refractivity contribution in [1.82, 2.24) is 4.90 Å². The summed E-state index contributed by atoms with van der Waals surface area (Å²) >= 11 is 5.07. The Hall–Kier alpha value is -1.09. The maximum atomic E-state index is 5.22. The van der Waals surface area contributed by atoms with Gasteiger partial charge in [-0.3, -0.25) is 0 Å². The van der Waals surface area contributed by atoms with E-state index in [1.807, 2.05) is 0 Å². The molecular weight excluding hydrogens is 194 g/mol. The van der Waals surface area contributed by atoms with Gasteiger partial charge in [-0.25, -0.2) is 0 Å². The lowest BCUT2D eigenvalue weighted by Crippen LogP contribution is -2.23. The molecule has 14 heavy (non-hydrogen) atoms. The number of thiocarbonyl (C=S) groups is 1. The molecule has 1 saturated heterocycles. The zero-order valence-corrected chi connectivity index (χ0v) is 9.01. The van der Waals surface area contributed by atoms with Crippen LogP contribution in [0, 0.1) is 6.92 Å². The Morgan fingerprint density at radius 3 is 2.64 bits per heavy atom. The van der Waals surface area contributed by atoms with Gasteiger partial charge in [0.25, 0.3) is 5.17 Å². The lowest BCUT2D eigenvalue weighted by molar-refractivity contribution is 0.360. The van der Waals surface area contributed by atoms with E-state index in [9.17, 15) is 0 Å². The first-order chi connectivity index (χ1) is 6.75. The molecule has 1 aromatic carbocycles. The minimum Gasteiger partial charge on any atom is -0.469 e. The number of hydrogen-bond donors (Lipinski definition) is 0. The van der Waals surface area contributed by atoms with E-state index in [4.69, 9.17) is 17.0 Å². The van der Waals surface area contributed by atoms with Crippen molar-refractivity contribution in [2.75, 3.05) is 13.2 Å². The van der Waals surface area contributed by atoms with Gasteiger partial charge in [-0.1, -0.05) is 29.8 Å². The van der Waals surface area contributed by atoms with Crippen molar-refractivity contribution in [3.05, 3.63) is 35.4 Å². The molecule has 1 aliphatic heterocycles. The van der Waals surface area contributed by atoms with Crippen LogP contribution in [0.1, 0.15) is 11.1 Å². The molecule has 0 saturated carbocycles. The van der Waals surface area contributed by atoms with Gasteiger partial charge in [-0.05, 0) is 24.7 Å². The average molecular weight is 207 g/mol. The number of benzene rings is 1. The summed E-state index contributed by atoms with van der Waals surface area (Å²) in [6, 6.07) is 8.51. The predicted molar refractivity (Wildman–Crippen MR) is 60.1 cm³/mol. The fraction of sp³-hybridized carbons (Fsp3) is 0.364. The highest BCUT2D eigenvalue weighted by Gasteiger charge is 2.17. The third kappa shape index (κ3) is 2.04.